The van der Waals surface area contributed by atoms with Gasteiger partial charge in [-0.05, 0) is 38.3 Å². The Morgan fingerprint density at radius 1 is 1.03 bits per heavy atom. The van der Waals surface area contributed by atoms with Gasteiger partial charge in [0.05, 0.1) is 11.5 Å². The van der Waals surface area contributed by atoms with Gasteiger partial charge in [-0.3, -0.25) is 9.36 Å². The van der Waals surface area contributed by atoms with Gasteiger partial charge in [-0.2, -0.15) is 5.26 Å². The average molecular weight is 414 g/mol. The van der Waals surface area contributed by atoms with Crippen LogP contribution in [0.25, 0.3) is 32.7 Å². The number of nitriles is 1. The van der Waals surface area contributed by atoms with Crippen molar-refractivity contribution in [2.75, 3.05) is 0 Å². The van der Waals surface area contributed by atoms with Crippen LogP contribution in [-0.2, 0) is 6.54 Å². The fourth-order valence-corrected chi connectivity index (χ4v) is 4.71. The fraction of sp³-hybridized carbons (Fsp3) is 0.240. The van der Waals surface area contributed by atoms with Crippen LogP contribution >= 0.6 is 11.3 Å². The maximum Gasteiger partial charge on any atom is 0.263 e. The largest absolute Gasteiger partial charge is 0.292 e. The first-order valence-electron chi connectivity index (χ1n) is 10.0. The topological polar surface area (TPSA) is 58.7 Å². The van der Waals surface area contributed by atoms with E-state index in [1.54, 1.807) is 4.57 Å². The van der Waals surface area contributed by atoms with E-state index in [-0.39, 0.29) is 5.56 Å². The van der Waals surface area contributed by atoms with Crippen LogP contribution in [0.4, 0.5) is 0 Å². The summed E-state index contributed by atoms with van der Waals surface area (Å²) in [4.78, 5) is 19.3. The minimum absolute atomic E-state index is 0.0373. The smallest absolute Gasteiger partial charge is 0.263 e. The van der Waals surface area contributed by atoms with Gasteiger partial charge >= 0.3 is 0 Å². The third-order valence-electron chi connectivity index (χ3n) is 5.35. The third kappa shape index (κ3) is 3.67. The molecular weight excluding hydrogens is 390 g/mol. The van der Waals surface area contributed by atoms with Gasteiger partial charge in [0.15, 0.2) is 0 Å². The predicted molar refractivity (Wildman–Crippen MR) is 124 cm³/mol. The number of thiophene rings is 1. The molecule has 0 unspecified atom stereocenters. The minimum atomic E-state index is -0.0373. The number of benzene rings is 2. The summed E-state index contributed by atoms with van der Waals surface area (Å²) < 4.78 is 1.74. The maximum atomic E-state index is 13.7. The second-order valence-corrected chi connectivity index (χ2v) is 8.53. The molecule has 0 bridgehead atoms. The number of rotatable bonds is 5. The summed E-state index contributed by atoms with van der Waals surface area (Å²) >= 11 is 1.51. The molecule has 4 rings (SSSR count). The molecule has 0 spiro atoms. The van der Waals surface area contributed by atoms with Crippen LogP contribution in [0.1, 0.15) is 29.5 Å². The van der Waals surface area contributed by atoms with Crippen LogP contribution in [-0.4, -0.2) is 9.55 Å². The van der Waals surface area contributed by atoms with Gasteiger partial charge in [0.25, 0.3) is 5.56 Å². The Morgan fingerprint density at radius 2 is 1.77 bits per heavy atom. The Kier molecular flexibility index (Phi) is 5.52. The highest BCUT2D eigenvalue weighted by molar-refractivity contribution is 7.17. The zero-order valence-corrected chi connectivity index (χ0v) is 18.2. The first-order chi connectivity index (χ1) is 14.5. The van der Waals surface area contributed by atoms with E-state index in [4.69, 9.17) is 10.2 Å². The maximum absolute atomic E-state index is 13.7. The zero-order chi connectivity index (χ0) is 21.3. The number of hydrogen-bond donors (Lipinski definition) is 0. The van der Waals surface area contributed by atoms with E-state index in [0.717, 1.165) is 32.6 Å². The molecule has 5 heteroatoms. The van der Waals surface area contributed by atoms with Crippen molar-refractivity contribution < 1.29 is 0 Å². The van der Waals surface area contributed by atoms with Gasteiger partial charge in [-0.1, -0.05) is 53.6 Å². The first-order valence-corrected chi connectivity index (χ1v) is 10.9. The second kappa shape index (κ2) is 8.25. The van der Waals surface area contributed by atoms with Crippen molar-refractivity contribution in [1.82, 2.24) is 9.55 Å². The van der Waals surface area contributed by atoms with Crippen LogP contribution < -0.4 is 5.56 Å². The highest BCUT2D eigenvalue weighted by Gasteiger charge is 2.18. The van der Waals surface area contributed by atoms with E-state index in [1.807, 2.05) is 36.6 Å². The van der Waals surface area contributed by atoms with Crippen molar-refractivity contribution >= 4 is 21.6 Å². The molecule has 30 heavy (non-hydrogen) atoms. The van der Waals surface area contributed by atoms with E-state index in [9.17, 15) is 4.79 Å². The number of unbranched alkanes of at least 4 members (excludes halogenated alkanes) is 1. The van der Waals surface area contributed by atoms with Crippen LogP contribution in [0.5, 0.6) is 0 Å². The monoisotopic (exact) mass is 413 g/mol. The van der Waals surface area contributed by atoms with Gasteiger partial charge < -0.3 is 0 Å². The quantitative estimate of drug-likeness (QED) is 0.376. The lowest BCUT2D eigenvalue weighted by molar-refractivity contribution is 0.634. The molecule has 4 aromatic rings. The average Bonchev–Trinajstić information content (AvgIpc) is 3.14. The summed E-state index contributed by atoms with van der Waals surface area (Å²) in [5, 5.41) is 11.7. The van der Waals surface area contributed by atoms with Crippen LogP contribution in [0, 0.1) is 32.1 Å². The third-order valence-corrected chi connectivity index (χ3v) is 6.22. The Hall–Kier alpha value is -3.23. The van der Waals surface area contributed by atoms with Crippen molar-refractivity contribution in [2.24, 2.45) is 0 Å². The van der Waals surface area contributed by atoms with Crippen molar-refractivity contribution in [3.63, 3.8) is 0 Å². The molecule has 4 nitrogen and oxygen atoms in total. The minimum Gasteiger partial charge on any atom is -0.292 e. The van der Waals surface area contributed by atoms with Crippen LogP contribution in [0.15, 0.2) is 52.6 Å². The molecule has 0 aliphatic carbocycles. The molecule has 0 saturated heterocycles. The molecule has 0 N–H and O–H groups in total. The summed E-state index contributed by atoms with van der Waals surface area (Å²) in [6.07, 6.45) is 1.02. The second-order valence-electron chi connectivity index (χ2n) is 7.67. The van der Waals surface area contributed by atoms with Crippen LogP contribution in [0.3, 0.4) is 0 Å². The van der Waals surface area contributed by atoms with E-state index < -0.39 is 0 Å². The van der Waals surface area contributed by atoms with E-state index >= 15 is 0 Å². The van der Waals surface area contributed by atoms with E-state index in [1.165, 1.54) is 16.9 Å². The summed E-state index contributed by atoms with van der Waals surface area (Å²) in [7, 11) is 0. The van der Waals surface area contributed by atoms with Crippen molar-refractivity contribution in [3.05, 3.63) is 74.9 Å². The molecule has 2 aromatic carbocycles. The number of nitrogens with zero attached hydrogens (tertiary/aromatic N) is 3. The molecule has 150 valence electrons. The summed E-state index contributed by atoms with van der Waals surface area (Å²) in [6, 6.07) is 16.5. The lowest BCUT2D eigenvalue weighted by Crippen LogP contribution is -2.23. The first kappa shape index (κ1) is 20.1. The molecule has 0 fully saturated rings. The Balaban J connectivity index is 1.96. The summed E-state index contributed by atoms with van der Waals surface area (Å²) in [5.41, 5.74) is 6.39. The molecular formula is C25H23N3OS. The van der Waals surface area contributed by atoms with Crippen molar-refractivity contribution in [1.29, 1.82) is 5.26 Å². The van der Waals surface area contributed by atoms with Crippen LogP contribution in [0.2, 0.25) is 0 Å². The molecule has 0 atom stereocenters. The molecule has 2 aromatic heterocycles. The molecule has 0 aliphatic rings. The Bertz CT molecular complexity index is 1320. The highest BCUT2D eigenvalue weighted by Crippen LogP contribution is 2.34. The Morgan fingerprint density at radius 3 is 2.47 bits per heavy atom. The summed E-state index contributed by atoms with van der Waals surface area (Å²) in [5.74, 6) is 0.666. The van der Waals surface area contributed by atoms with Gasteiger partial charge in [0.1, 0.15) is 10.7 Å². The number of aryl methyl sites for hydroxylation is 3. The lowest BCUT2D eigenvalue weighted by atomic mass is 9.99. The number of hydrogen-bond acceptors (Lipinski definition) is 4. The highest BCUT2D eigenvalue weighted by atomic mass is 32.1. The predicted octanol–water partition coefficient (Wildman–Crippen LogP) is 6.02. The number of aromatic nitrogens is 2. The van der Waals surface area contributed by atoms with Crippen molar-refractivity contribution in [3.8, 4) is 28.6 Å². The Labute approximate surface area is 180 Å². The molecule has 2 heterocycles. The van der Waals surface area contributed by atoms with Gasteiger partial charge in [-0.15, -0.1) is 11.3 Å². The molecule has 0 saturated carbocycles. The van der Waals surface area contributed by atoms with Gasteiger partial charge in [-0.25, -0.2) is 4.98 Å². The van der Waals surface area contributed by atoms with E-state index in [2.05, 4.69) is 38.1 Å². The zero-order valence-electron chi connectivity index (χ0n) is 17.4. The SMILES string of the molecule is Cc1ccc(-c2nc3scc(-c4ccc(C)cc4C)c3c(=O)n2CCCC#N)cc1. The number of fused-ring (bicyclic) bond motifs is 1. The lowest BCUT2D eigenvalue weighted by Gasteiger charge is -2.13. The fourth-order valence-electron chi connectivity index (χ4n) is 3.79. The van der Waals surface area contributed by atoms with Crippen molar-refractivity contribution in [2.45, 2.75) is 40.2 Å². The standard InChI is InChI=1S/C25H23N3OS/c1-16-6-9-19(10-7-16)23-27-24-22(25(29)28(23)13-5-4-12-26)21(15-30-24)20-11-8-17(2)14-18(20)3/h6-11,14-15H,4-5,13H2,1-3H3. The van der Waals surface area contributed by atoms with Gasteiger partial charge in [0, 0.05) is 29.5 Å². The molecule has 0 amide bonds. The molecule has 0 radical (unpaired) electrons. The van der Waals surface area contributed by atoms with E-state index in [0.29, 0.717) is 30.6 Å². The molecule has 0 aliphatic heterocycles. The normalized spacial score (nSPS) is 11.0. The van der Waals surface area contributed by atoms with Gasteiger partial charge in [0.2, 0.25) is 0 Å². The summed E-state index contributed by atoms with van der Waals surface area (Å²) in [6.45, 7) is 6.65.